The van der Waals surface area contributed by atoms with Crippen molar-refractivity contribution in [2.75, 3.05) is 0 Å². The molecule has 0 aromatic heterocycles. The minimum Gasteiger partial charge on any atom is -0.380 e. The molecule has 0 spiro atoms. The average Bonchev–Trinajstić information content (AvgIpc) is 2.59. The topological polar surface area (TPSA) is 20.2 Å². The van der Waals surface area contributed by atoms with E-state index in [0.717, 1.165) is 24.3 Å². The molecule has 0 saturated heterocycles. The first-order chi connectivity index (χ1) is 11.2. The van der Waals surface area contributed by atoms with Crippen LogP contribution in [0.4, 0.5) is 0 Å². The Balaban J connectivity index is 1.79. The highest BCUT2D eigenvalue weighted by atomic mass is 16.3. The van der Waals surface area contributed by atoms with Crippen LogP contribution in [-0.2, 0) is 6.42 Å². The van der Waals surface area contributed by atoms with E-state index in [4.69, 9.17) is 0 Å². The summed E-state index contributed by atoms with van der Waals surface area (Å²) in [6.45, 7) is 4.51. The van der Waals surface area contributed by atoms with Gasteiger partial charge in [-0.15, -0.1) is 0 Å². The Morgan fingerprint density at radius 1 is 1.04 bits per heavy atom. The van der Waals surface area contributed by atoms with Gasteiger partial charge in [-0.25, -0.2) is 0 Å². The summed E-state index contributed by atoms with van der Waals surface area (Å²) < 4.78 is 0. The summed E-state index contributed by atoms with van der Waals surface area (Å²) in [7, 11) is 0. The van der Waals surface area contributed by atoms with Gasteiger partial charge in [-0.1, -0.05) is 76.3 Å². The first-order valence-corrected chi connectivity index (χ1v) is 9.49. The highest BCUT2D eigenvalue weighted by Crippen LogP contribution is 2.32. The predicted molar refractivity (Wildman–Crippen MR) is 98.3 cm³/mol. The van der Waals surface area contributed by atoms with Crippen molar-refractivity contribution in [2.45, 2.75) is 77.7 Å². The van der Waals surface area contributed by atoms with Crippen LogP contribution in [0.5, 0.6) is 0 Å². The number of rotatable bonds is 6. The van der Waals surface area contributed by atoms with Crippen molar-refractivity contribution in [1.29, 1.82) is 0 Å². The second-order valence-corrected chi connectivity index (χ2v) is 7.12. The average molecular weight is 312 g/mol. The normalized spacial score (nSPS) is 22.2. The van der Waals surface area contributed by atoms with Gasteiger partial charge in [0.25, 0.3) is 0 Å². The van der Waals surface area contributed by atoms with Crippen LogP contribution in [0, 0.1) is 23.7 Å². The molecule has 2 rings (SSSR count). The zero-order valence-corrected chi connectivity index (χ0v) is 14.9. The van der Waals surface area contributed by atoms with Gasteiger partial charge in [0.15, 0.2) is 0 Å². The summed E-state index contributed by atoms with van der Waals surface area (Å²) in [5.74, 6) is 7.76. The second kappa shape index (κ2) is 9.78. The van der Waals surface area contributed by atoms with Crippen LogP contribution in [0.1, 0.15) is 76.3 Å². The molecular weight excluding hydrogens is 280 g/mol. The van der Waals surface area contributed by atoms with E-state index in [1.807, 2.05) is 0 Å². The summed E-state index contributed by atoms with van der Waals surface area (Å²) >= 11 is 0. The molecule has 0 amide bonds. The third-order valence-electron chi connectivity index (χ3n) is 5.26. The van der Waals surface area contributed by atoms with Crippen molar-refractivity contribution in [2.24, 2.45) is 11.8 Å². The van der Waals surface area contributed by atoms with Crippen molar-refractivity contribution in [3.05, 3.63) is 35.4 Å². The highest BCUT2D eigenvalue weighted by Gasteiger charge is 2.21. The summed E-state index contributed by atoms with van der Waals surface area (Å²) in [4.78, 5) is 0. The standard InChI is InChI=1S/C22H32O/c1-3-5-6-19-9-11-20(12-10-19)15-16-22(23)17-21-13-7-18(4-2)8-14-21/h9-12,18,21-23H,3-8,13-14,17H2,1-2H3. The number of hydrogen-bond acceptors (Lipinski definition) is 1. The van der Waals surface area contributed by atoms with Gasteiger partial charge >= 0.3 is 0 Å². The summed E-state index contributed by atoms with van der Waals surface area (Å²) in [5.41, 5.74) is 2.39. The first kappa shape index (κ1) is 18.1. The van der Waals surface area contributed by atoms with Gasteiger partial charge in [0.05, 0.1) is 0 Å². The molecule has 1 nitrogen and oxygen atoms in total. The van der Waals surface area contributed by atoms with E-state index in [2.05, 4.69) is 50.0 Å². The molecule has 1 atom stereocenters. The maximum atomic E-state index is 10.2. The van der Waals surface area contributed by atoms with Crippen molar-refractivity contribution in [3.8, 4) is 11.8 Å². The zero-order chi connectivity index (χ0) is 16.5. The van der Waals surface area contributed by atoms with Crippen LogP contribution >= 0.6 is 0 Å². The van der Waals surface area contributed by atoms with E-state index < -0.39 is 6.10 Å². The number of aliphatic hydroxyl groups excluding tert-OH is 1. The van der Waals surface area contributed by atoms with Crippen LogP contribution in [0.2, 0.25) is 0 Å². The lowest BCUT2D eigenvalue weighted by Gasteiger charge is -2.28. The van der Waals surface area contributed by atoms with Crippen molar-refractivity contribution in [1.82, 2.24) is 0 Å². The molecule has 126 valence electrons. The third kappa shape index (κ3) is 6.40. The Kier molecular flexibility index (Phi) is 7.69. The molecular formula is C22H32O. The summed E-state index contributed by atoms with van der Waals surface area (Å²) in [5, 5.41) is 10.2. The van der Waals surface area contributed by atoms with Gasteiger partial charge in [-0.05, 0) is 48.8 Å². The van der Waals surface area contributed by atoms with Crippen molar-refractivity contribution < 1.29 is 5.11 Å². The van der Waals surface area contributed by atoms with Gasteiger partial charge in [-0.3, -0.25) is 0 Å². The Morgan fingerprint density at radius 2 is 1.70 bits per heavy atom. The number of hydrogen-bond donors (Lipinski definition) is 1. The fourth-order valence-electron chi connectivity index (χ4n) is 3.55. The van der Waals surface area contributed by atoms with Gasteiger partial charge in [0, 0.05) is 5.56 Å². The predicted octanol–water partition coefficient (Wildman–Crippen LogP) is 5.35. The highest BCUT2D eigenvalue weighted by molar-refractivity contribution is 5.36. The van der Waals surface area contributed by atoms with E-state index in [0.29, 0.717) is 5.92 Å². The molecule has 1 fully saturated rings. The molecule has 0 aliphatic heterocycles. The molecule has 0 heterocycles. The van der Waals surface area contributed by atoms with Gasteiger partial charge < -0.3 is 5.11 Å². The Hall–Kier alpha value is -1.26. The quantitative estimate of drug-likeness (QED) is 0.702. The van der Waals surface area contributed by atoms with Gasteiger partial charge in [0.1, 0.15) is 6.10 Å². The Labute approximate surface area is 142 Å². The van der Waals surface area contributed by atoms with Crippen LogP contribution < -0.4 is 0 Å². The lowest BCUT2D eigenvalue weighted by Crippen LogP contribution is -2.18. The molecule has 0 bridgehead atoms. The molecule has 1 aliphatic carbocycles. The smallest absolute Gasteiger partial charge is 0.115 e. The monoisotopic (exact) mass is 312 g/mol. The summed E-state index contributed by atoms with van der Waals surface area (Å²) in [6.07, 6.45) is 10.5. The number of aliphatic hydroxyl groups is 1. The lowest BCUT2D eigenvalue weighted by atomic mass is 9.79. The van der Waals surface area contributed by atoms with Gasteiger partial charge in [-0.2, -0.15) is 0 Å². The van der Waals surface area contributed by atoms with E-state index in [1.54, 1.807) is 0 Å². The maximum Gasteiger partial charge on any atom is 0.115 e. The molecule has 1 aromatic rings. The fourth-order valence-corrected chi connectivity index (χ4v) is 3.55. The molecule has 0 radical (unpaired) electrons. The number of aryl methyl sites for hydroxylation is 1. The molecule has 1 unspecified atom stereocenters. The van der Waals surface area contributed by atoms with Crippen LogP contribution in [0.15, 0.2) is 24.3 Å². The van der Waals surface area contributed by atoms with Crippen molar-refractivity contribution in [3.63, 3.8) is 0 Å². The molecule has 1 heteroatoms. The van der Waals surface area contributed by atoms with E-state index in [1.165, 1.54) is 50.5 Å². The zero-order valence-electron chi connectivity index (χ0n) is 14.9. The fraction of sp³-hybridized carbons (Fsp3) is 0.636. The third-order valence-corrected chi connectivity index (χ3v) is 5.26. The Bertz CT molecular complexity index is 497. The maximum absolute atomic E-state index is 10.2. The molecule has 1 N–H and O–H groups in total. The Morgan fingerprint density at radius 3 is 2.30 bits per heavy atom. The van der Waals surface area contributed by atoms with E-state index in [-0.39, 0.29) is 0 Å². The SMILES string of the molecule is CCCCc1ccc(C#CC(O)CC2CCC(CC)CC2)cc1. The number of benzene rings is 1. The lowest BCUT2D eigenvalue weighted by molar-refractivity contribution is 0.163. The van der Waals surface area contributed by atoms with Crippen LogP contribution in [0.3, 0.4) is 0 Å². The number of unbranched alkanes of at least 4 members (excludes halogenated alkanes) is 1. The first-order valence-electron chi connectivity index (χ1n) is 9.49. The summed E-state index contributed by atoms with van der Waals surface area (Å²) in [6, 6.07) is 8.49. The minimum atomic E-state index is -0.474. The van der Waals surface area contributed by atoms with E-state index in [9.17, 15) is 5.11 Å². The molecule has 23 heavy (non-hydrogen) atoms. The van der Waals surface area contributed by atoms with E-state index >= 15 is 0 Å². The van der Waals surface area contributed by atoms with Crippen LogP contribution in [0.25, 0.3) is 0 Å². The van der Waals surface area contributed by atoms with Crippen LogP contribution in [-0.4, -0.2) is 11.2 Å². The minimum absolute atomic E-state index is 0.474. The molecule has 1 aliphatic rings. The van der Waals surface area contributed by atoms with Crippen molar-refractivity contribution >= 4 is 0 Å². The largest absolute Gasteiger partial charge is 0.380 e. The molecule has 1 saturated carbocycles. The van der Waals surface area contributed by atoms with Gasteiger partial charge in [0.2, 0.25) is 0 Å². The second-order valence-electron chi connectivity index (χ2n) is 7.12. The molecule has 1 aromatic carbocycles.